The van der Waals surface area contributed by atoms with E-state index in [0.717, 1.165) is 18.5 Å². The van der Waals surface area contributed by atoms with Gasteiger partial charge in [0.05, 0.1) is 12.4 Å². The molecule has 136 valence electrons. The van der Waals surface area contributed by atoms with Gasteiger partial charge in [-0.1, -0.05) is 0 Å². The summed E-state index contributed by atoms with van der Waals surface area (Å²) in [5, 5.41) is 11.1. The number of fused-ring (bicyclic) bond motifs is 3. The zero-order valence-corrected chi connectivity index (χ0v) is 14.7. The van der Waals surface area contributed by atoms with Gasteiger partial charge in [-0.05, 0) is 37.1 Å². The molecule has 3 saturated heterocycles. The molecule has 5 rings (SSSR count). The second-order valence-corrected chi connectivity index (χ2v) is 6.78. The molecule has 2 unspecified atom stereocenters. The van der Waals surface area contributed by atoms with Crippen LogP contribution in [0, 0.1) is 0 Å². The number of anilines is 1. The molecule has 8 heteroatoms. The van der Waals surface area contributed by atoms with Gasteiger partial charge in [-0.2, -0.15) is 15.0 Å². The highest BCUT2D eigenvalue weighted by Gasteiger charge is 2.43. The summed E-state index contributed by atoms with van der Waals surface area (Å²) < 4.78 is 0. The van der Waals surface area contributed by atoms with Crippen molar-refractivity contribution >= 4 is 17.5 Å². The van der Waals surface area contributed by atoms with Crippen LogP contribution >= 0.6 is 0 Å². The second kappa shape index (κ2) is 6.78. The molecule has 1 aromatic carbocycles. The van der Waals surface area contributed by atoms with Gasteiger partial charge < -0.3 is 15.1 Å². The lowest BCUT2D eigenvalue weighted by atomic mass is 9.90. The number of hydrogen-bond acceptors (Lipinski definition) is 5. The maximum absolute atomic E-state index is 12.9. The van der Waals surface area contributed by atoms with Gasteiger partial charge in [-0.3, -0.25) is 9.59 Å². The van der Waals surface area contributed by atoms with Crippen LogP contribution in [0.2, 0.25) is 0 Å². The van der Waals surface area contributed by atoms with E-state index >= 15 is 0 Å². The number of nitrogens with zero attached hydrogens (tertiary/aromatic N) is 5. The fourth-order valence-corrected chi connectivity index (χ4v) is 3.86. The summed E-state index contributed by atoms with van der Waals surface area (Å²) in [4.78, 5) is 30.7. The molecule has 0 aliphatic carbocycles. The van der Waals surface area contributed by atoms with Crippen molar-refractivity contribution < 1.29 is 9.59 Å². The minimum absolute atomic E-state index is 0.0152. The first-order valence-electron chi connectivity index (χ1n) is 8.88. The summed E-state index contributed by atoms with van der Waals surface area (Å²) in [5.74, 6) is 0.0598. The third-order valence-electron chi connectivity index (χ3n) is 5.27. The van der Waals surface area contributed by atoms with E-state index in [0.29, 0.717) is 18.7 Å². The van der Waals surface area contributed by atoms with Crippen LogP contribution in [0.4, 0.5) is 5.69 Å². The van der Waals surface area contributed by atoms with Gasteiger partial charge in [0.15, 0.2) is 0 Å². The van der Waals surface area contributed by atoms with Crippen molar-refractivity contribution in [3.63, 3.8) is 0 Å². The van der Waals surface area contributed by atoms with E-state index in [2.05, 4.69) is 15.5 Å². The SMILES string of the molecule is CNc1ccc(C(=O)N2CC3CCC2CN3C(=O)Cn2nccn2)cc1. The zero-order chi connectivity index (χ0) is 18.1. The van der Waals surface area contributed by atoms with Crippen molar-refractivity contribution in [2.45, 2.75) is 31.5 Å². The average molecular weight is 354 g/mol. The standard InChI is InChI=1S/C18H22N6O2/c1-19-14-4-2-13(3-5-14)18(26)23-11-15-6-7-16(23)10-22(15)17(25)12-24-20-8-9-21-24/h2-5,8-9,15-16,19H,6-7,10-12H2,1H3. The van der Waals surface area contributed by atoms with Crippen molar-refractivity contribution in [1.29, 1.82) is 0 Å². The second-order valence-electron chi connectivity index (χ2n) is 6.78. The van der Waals surface area contributed by atoms with E-state index in [9.17, 15) is 9.59 Å². The number of amides is 2. The maximum atomic E-state index is 12.9. The normalized spacial score (nSPS) is 21.7. The number of carbonyl (C=O) groups excluding carboxylic acids is 2. The number of nitrogens with one attached hydrogen (secondary N) is 1. The molecule has 2 amide bonds. The molecule has 0 saturated carbocycles. The number of piperazine rings is 1. The summed E-state index contributed by atoms with van der Waals surface area (Å²) in [7, 11) is 1.85. The summed E-state index contributed by atoms with van der Waals surface area (Å²) in [5.41, 5.74) is 1.67. The van der Waals surface area contributed by atoms with Crippen LogP contribution in [0.1, 0.15) is 23.2 Å². The van der Waals surface area contributed by atoms with Crippen LogP contribution in [-0.4, -0.2) is 68.8 Å². The summed E-state index contributed by atoms with van der Waals surface area (Å²) in [6.07, 6.45) is 5.00. The Hall–Kier alpha value is -2.90. The molecule has 26 heavy (non-hydrogen) atoms. The third-order valence-corrected chi connectivity index (χ3v) is 5.27. The highest BCUT2D eigenvalue weighted by molar-refractivity contribution is 5.95. The van der Waals surface area contributed by atoms with Gasteiger partial charge in [0, 0.05) is 43.5 Å². The Labute approximate surface area is 151 Å². The van der Waals surface area contributed by atoms with Crippen molar-refractivity contribution in [3.05, 3.63) is 42.2 Å². The largest absolute Gasteiger partial charge is 0.388 e. The minimum Gasteiger partial charge on any atom is -0.388 e. The molecule has 8 nitrogen and oxygen atoms in total. The predicted octanol–water partition coefficient (Wildman–Crippen LogP) is 0.835. The monoisotopic (exact) mass is 354 g/mol. The first kappa shape index (κ1) is 16.6. The lowest BCUT2D eigenvalue weighted by Gasteiger charge is -2.51. The van der Waals surface area contributed by atoms with Crippen LogP contribution in [0.15, 0.2) is 36.7 Å². The van der Waals surface area contributed by atoms with Gasteiger partial charge in [0.2, 0.25) is 5.91 Å². The predicted molar refractivity (Wildman–Crippen MR) is 95.6 cm³/mol. The Balaban J connectivity index is 1.44. The van der Waals surface area contributed by atoms with E-state index in [-0.39, 0.29) is 30.4 Å². The summed E-state index contributed by atoms with van der Waals surface area (Å²) in [6.45, 7) is 1.33. The molecule has 4 heterocycles. The molecule has 2 bridgehead atoms. The van der Waals surface area contributed by atoms with Crippen LogP contribution in [-0.2, 0) is 11.3 Å². The van der Waals surface area contributed by atoms with E-state index < -0.39 is 0 Å². The molecular weight excluding hydrogens is 332 g/mol. The first-order valence-corrected chi connectivity index (χ1v) is 8.88. The number of benzene rings is 1. The molecule has 2 atom stereocenters. The van der Waals surface area contributed by atoms with Gasteiger partial charge in [-0.25, -0.2) is 0 Å². The topological polar surface area (TPSA) is 83.4 Å². The number of rotatable bonds is 4. The van der Waals surface area contributed by atoms with E-state index in [1.807, 2.05) is 41.1 Å². The number of carbonyl (C=O) groups is 2. The first-order chi connectivity index (χ1) is 12.7. The van der Waals surface area contributed by atoms with E-state index in [1.165, 1.54) is 4.80 Å². The Kier molecular flexibility index (Phi) is 4.32. The van der Waals surface area contributed by atoms with Gasteiger partial charge in [-0.15, -0.1) is 0 Å². The van der Waals surface area contributed by atoms with Crippen LogP contribution in [0.25, 0.3) is 0 Å². The maximum Gasteiger partial charge on any atom is 0.254 e. The number of piperidine rings is 2. The Bertz CT molecular complexity index is 789. The van der Waals surface area contributed by atoms with Crippen LogP contribution < -0.4 is 5.32 Å². The lowest BCUT2D eigenvalue weighted by molar-refractivity contribution is -0.141. The van der Waals surface area contributed by atoms with Crippen molar-refractivity contribution in [3.8, 4) is 0 Å². The van der Waals surface area contributed by atoms with Gasteiger partial charge in [0.25, 0.3) is 5.91 Å². The Morgan fingerprint density at radius 3 is 2.23 bits per heavy atom. The summed E-state index contributed by atoms with van der Waals surface area (Å²) in [6, 6.07) is 7.66. The summed E-state index contributed by atoms with van der Waals surface area (Å²) >= 11 is 0. The molecule has 1 aromatic heterocycles. The molecule has 3 aliphatic heterocycles. The molecule has 0 spiro atoms. The van der Waals surface area contributed by atoms with E-state index in [1.54, 1.807) is 12.4 Å². The molecular formula is C18H22N6O2. The number of hydrogen-bond donors (Lipinski definition) is 1. The fourth-order valence-electron chi connectivity index (χ4n) is 3.86. The van der Waals surface area contributed by atoms with Crippen LogP contribution in [0.3, 0.4) is 0 Å². The quantitative estimate of drug-likeness (QED) is 0.880. The average Bonchev–Trinajstić information content (AvgIpc) is 3.20. The van der Waals surface area contributed by atoms with Crippen molar-refractivity contribution in [2.24, 2.45) is 0 Å². The number of aromatic nitrogens is 3. The molecule has 0 radical (unpaired) electrons. The highest BCUT2D eigenvalue weighted by Crippen LogP contribution is 2.30. The molecule has 3 aliphatic rings. The van der Waals surface area contributed by atoms with Crippen LogP contribution in [0.5, 0.6) is 0 Å². The third kappa shape index (κ3) is 3.02. The lowest BCUT2D eigenvalue weighted by Crippen LogP contribution is -2.65. The fraction of sp³-hybridized carbons (Fsp3) is 0.444. The zero-order valence-electron chi connectivity index (χ0n) is 14.7. The Morgan fingerprint density at radius 2 is 1.65 bits per heavy atom. The molecule has 2 aromatic rings. The van der Waals surface area contributed by atoms with Gasteiger partial charge >= 0.3 is 0 Å². The Morgan fingerprint density at radius 1 is 1.04 bits per heavy atom. The van der Waals surface area contributed by atoms with Crippen molar-refractivity contribution in [2.75, 3.05) is 25.5 Å². The van der Waals surface area contributed by atoms with E-state index in [4.69, 9.17) is 0 Å². The highest BCUT2D eigenvalue weighted by atomic mass is 16.2. The van der Waals surface area contributed by atoms with Crippen molar-refractivity contribution in [1.82, 2.24) is 24.8 Å². The smallest absolute Gasteiger partial charge is 0.254 e. The molecule has 3 fully saturated rings. The molecule has 1 N–H and O–H groups in total. The minimum atomic E-state index is 0.0152. The van der Waals surface area contributed by atoms with Gasteiger partial charge in [0.1, 0.15) is 6.54 Å².